The number of aliphatic carboxylic acids is 1. The summed E-state index contributed by atoms with van der Waals surface area (Å²) in [7, 11) is 0. The van der Waals surface area contributed by atoms with Gasteiger partial charge in [0.05, 0.1) is 21.9 Å². The standard InChI is InChI=1S/C12H13ClO3S/c13-9-5-6-17-11(9)10(14)7-3-1-2-4-8(7)12(15)16/h1-2,5-8,10,14H,3-4H2,(H,15,16). The number of thiophene rings is 1. The quantitative estimate of drug-likeness (QED) is 0.832. The van der Waals surface area contributed by atoms with Crippen LogP contribution in [0.3, 0.4) is 0 Å². The van der Waals surface area contributed by atoms with Crippen LogP contribution in [0.5, 0.6) is 0 Å². The third-order valence-electron chi connectivity index (χ3n) is 3.12. The van der Waals surface area contributed by atoms with E-state index in [1.807, 2.05) is 12.2 Å². The predicted molar refractivity (Wildman–Crippen MR) is 67.3 cm³/mol. The molecule has 3 unspecified atom stereocenters. The molecule has 0 aliphatic heterocycles. The molecule has 1 heterocycles. The molecule has 17 heavy (non-hydrogen) atoms. The smallest absolute Gasteiger partial charge is 0.307 e. The minimum absolute atomic E-state index is 0.298. The van der Waals surface area contributed by atoms with Crippen molar-refractivity contribution in [3.8, 4) is 0 Å². The molecule has 0 saturated heterocycles. The van der Waals surface area contributed by atoms with Gasteiger partial charge in [0.15, 0.2) is 0 Å². The third kappa shape index (κ3) is 2.54. The lowest BCUT2D eigenvalue weighted by molar-refractivity contribution is -0.145. The second-order valence-electron chi connectivity index (χ2n) is 4.13. The van der Waals surface area contributed by atoms with E-state index in [-0.39, 0.29) is 5.92 Å². The lowest BCUT2D eigenvalue weighted by Gasteiger charge is -2.29. The number of allylic oxidation sites excluding steroid dienone is 2. The van der Waals surface area contributed by atoms with E-state index in [0.29, 0.717) is 22.7 Å². The number of halogens is 1. The first-order valence-corrected chi connectivity index (χ1v) is 6.65. The van der Waals surface area contributed by atoms with Crippen molar-refractivity contribution in [1.82, 2.24) is 0 Å². The Kier molecular flexibility index (Phi) is 3.86. The monoisotopic (exact) mass is 272 g/mol. The average Bonchev–Trinajstić information content (AvgIpc) is 2.74. The number of carbonyl (C=O) groups is 1. The summed E-state index contributed by atoms with van der Waals surface area (Å²) in [6.45, 7) is 0. The summed E-state index contributed by atoms with van der Waals surface area (Å²) in [6, 6.07) is 1.72. The van der Waals surface area contributed by atoms with Crippen molar-refractivity contribution in [3.05, 3.63) is 33.5 Å². The van der Waals surface area contributed by atoms with Crippen LogP contribution >= 0.6 is 22.9 Å². The van der Waals surface area contributed by atoms with Gasteiger partial charge in [-0.1, -0.05) is 23.8 Å². The number of aliphatic hydroxyl groups is 1. The van der Waals surface area contributed by atoms with Crippen LogP contribution in [0.25, 0.3) is 0 Å². The van der Waals surface area contributed by atoms with Crippen LogP contribution < -0.4 is 0 Å². The number of hydrogen-bond donors (Lipinski definition) is 2. The van der Waals surface area contributed by atoms with Crippen LogP contribution in [0.15, 0.2) is 23.6 Å². The zero-order chi connectivity index (χ0) is 12.4. The molecule has 92 valence electrons. The molecule has 2 N–H and O–H groups in total. The largest absolute Gasteiger partial charge is 0.481 e. The lowest BCUT2D eigenvalue weighted by Crippen LogP contribution is -2.29. The molecule has 3 nitrogen and oxygen atoms in total. The molecule has 0 amide bonds. The van der Waals surface area contributed by atoms with Crippen LogP contribution in [0.1, 0.15) is 23.8 Å². The van der Waals surface area contributed by atoms with Gasteiger partial charge in [0, 0.05) is 5.92 Å². The highest BCUT2D eigenvalue weighted by Crippen LogP contribution is 2.40. The van der Waals surface area contributed by atoms with Crippen molar-refractivity contribution in [2.75, 3.05) is 0 Å². The first-order valence-electron chi connectivity index (χ1n) is 5.40. The first kappa shape index (κ1) is 12.6. The van der Waals surface area contributed by atoms with E-state index in [0.717, 1.165) is 0 Å². The molecule has 1 aliphatic carbocycles. The summed E-state index contributed by atoms with van der Waals surface area (Å²) >= 11 is 7.33. The molecule has 0 aromatic carbocycles. The Morgan fingerprint density at radius 2 is 2.18 bits per heavy atom. The summed E-state index contributed by atoms with van der Waals surface area (Å²) in [4.78, 5) is 11.8. The minimum atomic E-state index is -0.855. The van der Waals surface area contributed by atoms with Crippen molar-refractivity contribution in [2.45, 2.75) is 18.9 Å². The summed E-state index contributed by atoms with van der Waals surface area (Å²) in [6.07, 6.45) is 4.03. The van der Waals surface area contributed by atoms with Gasteiger partial charge in [-0.25, -0.2) is 0 Å². The molecular weight excluding hydrogens is 260 g/mol. The summed E-state index contributed by atoms with van der Waals surface area (Å²) < 4.78 is 0. The van der Waals surface area contributed by atoms with Gasteiger partial charge in [0.1, 0.15) is 0 Å². The van der Waals surface area contributed by atoms with Gasteiger partial charge in [0.2, 0.25) is 0 Å². The predicted octanol–water partition coefficient (Wildman–Crippen LogP) is 3.10. The Labute approximate surface area is 108 Å². The number of rotatable bonds is 3. The Morgan fingerprint density at radius 3 is 2.76 bits per heavy atom. The van der Waals surface area contributed by atoms with E-state index in [4.69, 9.17) is 16.7 Å². The van der Waals surface area contributed by atoms with Crippen LogP contribution in [-0.2, 0) is 4.79 Å². The molecule has 0 fully saturated rings. The van der Waals surface area contributed by atoms with Crippen molar-refractivity contribution < 1.29 is 15.0 Å². The lowest BCUT2D eigenvalue weighted by atomic mass is 9.79. The Hall–Kier alpha value is -0.840. The van der Waals surface area contributed by atoms with Gasteiger partial charge in [-0.15, -0.1) is 11.3 Å². The van der Waals surface area contributed by atoms with E-state index >= 15 is 0 Å². The van der Waals surface area contributed by atoms with E-state index in [1.165, 1.54) is 11.3 Å². The topological polar surface area (TPSA) is 57.5 Å². The van der Waals surface area contributed by atoms with Gasteiger partial charge >= 0.3 is 5.97 Å². The fraction of sp³-hybridized carbons (Fsp3) is 0.417. The molecule has 0 saturated carbocycles. The van der Waals surface area contributed by atoms with E-state index in [9.17, 15) is 9.90 Å². The molecule has 2 rings (SSSR count). The number of carboxylic acids is 1. The maximum atomic E-state index is 11.1. The van der Waals surface area contributed by atoms with Crippen molar-refractivity contribution in [2.24, 2.45) is 11.8 Å². The Balaban J connectivity index is 2.23. The van der Waals surface area contributed by atoms with Gasteiger partial charge in [-0.2, -0.15) is 0 Å². The molecule has 0 radical (unpaired) electrons. The molecule has 1 aromatic rings. The van der Waals surface area contributed by atoms with E-state index in [2.05, 4.69) is 0 Å². The molecule has 3 atom stereocenters. The number of hydrogen-bond acceptors (Lipinski definition) is 3. The Bertz CT molecular complexity index is 441. The average molecular weight is 273 g/mol. The van der Waals surface area contributed by atoms with Crippen LogP contribution in [0, 0.1) is 11.8 Å². The highest BCUT2D eigenvalue weighted by Gasteiger charge is 2.35. The SMILES string of the molecule is O=C(O)C1CC=CCC1C(O)c1sccc1Cl. The highest BCUT2D eigenvalue weighted by atomic mass is 35.5. The van der Waals surface area contributed by atoms with Crippen LogP contribution in [0.2, 0.25) is 5.02 Å². The summed E-state index contributed by atoms with van der Waals surface area (Å²) in [5, 5.41) is 21.7. The fourth-order valence-corrected chi connectivity index (χ4v) is 3.41. The molecule has 0 bridgehead atoms. The van der Waals surface area contributed by atoms with Gasteiger partial charge < -0.3 is 10.2 Å². The second-order valence-corrected chi connectivity index (χ2v) is 5.48. The van der Waals surface area contributed by atoms with E-state index in [1.54, 1.807) is 11.4 Å². The Morgan fingerprint density at radius 1 is 1.47 bits per heavy atom. The second kappa shape index (κ2) is 5.21. The molecule has 5 heteroatoms. The molecule has 1 aliphatic rings. The van der Waals surface area contributed by atoms with Crippen LogP contribution in [0.4, 0.5) is 0 Å². The van der Waals surface area contributed by atoms with Crippen LogP contribution in [-0.4, -0.2) is 16.2 Å². The van der Waals surface area contributed by atoms with E-state index < -0.39 is 18.0 Å². The van der Waals surface area contributed by atoms with Gasteiger partial charge in [-0.3, -0.25) is 4.79 Å². The normalized spacial score (nSPS) is 25.8. The molecule has 0 spiro atoms. The third-order valence-corrected chi connectivity index (χ3v) is 4.55. The maximum absolute atomic E-state index is 11.1. The maximum Gasteiger partial charge on any atom is 0.307 e. The van der Waals surface area contributed by atoms with Crippen molar-refractivity contribution >= 4 is 28.9 Å². The number of aliphatic hydroxyl groups excluding tert-OH is 1. The first-order chi connectivity index (χ1) is 8.11. The van der Waals surface area contributed by atoms with Crippen molar-refractivity contribution in [3.63, 3.8) is 0 Å². The van der Waals surface area contributed by atoms with Gasteiger partial charge in [-0.05, 0) is 24.3 Å². The summed E-state index contributed by atoms with van der Waals surface area (Å²) in [5.74, 6) is -1.69. The minimum Gasteiger partial charge on any atom is -0.481 e. The highest BCUT2D eigenvalue weighted by molar-refractivity contribution is 7.10. The molecular formula is C12H13ClO3S. The zero-order valence-electron chi connectivity index (χ0n) is 9.04. The van der Waals surface area contributed by atoms with Crippen molar-refractivity contribution in [1.29, 1.82) is 0 Å². The zero-order valence-corrected chi connectivity index (χ0v) is 10.6. The summed E-state index contributed by atoms with van der Waals surface area (Å²) in [5.41, 5.74) is 0. The number of carboxylic acid groups (broad SMARTS) is 1. The fourth-order valence-electron chi connectivity index (χ4n) is 2.18. The molecule has 1 aromatic heterocycles. The van der Waals surface area contributed by atoms with Gasteiger partial charge in [0.25, 0.3) is 0 Å².